The zero-order valence-electron chi connectivity index (χ0n) is 14.6. The predicted octanol–water partition coefficient (Wildman–Crippen LogP) is 2.69. The van der Waals surface area contributed by atoms with Gasteiger partial charge in [-0.05, 0) is 43.0 Å². The van der Waals surface area contributed by atoms with Crippen LogP contribution in [0.1, 0.15) is 32.1 Å². The van der Waals surface area contributed by atoms with Gasteiger partial charge in [-0.2, -0.15) is 0 Å². The van der Waals surface area contributed by atoms with Gasteiger partial charge in [0.05, 0.1) is 17.0 Å². The van der Waals surface area contributed by atoms with Crippen LogP contribution in [0.25, 0.3) is 0 Å². The highest BCUT2D eigenvalue weighted by molar-refractivity contribution is 7.13. The van der Waals surface area contributed by atoms with Gasteiger partial charge in [0.25, 0.3) is 5.91 Å². The average Bonchev–Trinajstić information content (AvgIpc) is 3.20. The molecule has 0 radical (unpaired) electrons. The summed E-state index contributed by atoms with van der Waals surface area (Å²) >= 11 is 1.53. The molecule has 4 rings (SSSR count). The lowest BCUT2D eigenvalue weighted by Gasteiger charge is -2.34. The Morgan fingerprint density at radius 3 is 2.76 bits per heavy atom. The minimum absolute atomic E-state index is 0.0537. The third-order valence-electron chi connectivity index (χ3n) is 5.30. The van der Waals surface area contributed by atoms with Gasteiger partial charge in [-0.1, -0.05) is 24.3 Å². The van der Waals surface area contributed by atoms with Crippen LogP contribution in [0.15, 0.2) is 36.4 Å². The van der Waals surface area contributed by atoms with Crippen LogP contribution in [-0.2, 0) is 13.0 Å². The molecule has 1 atom stereocenters. The van der Waals surface area contributed by atoms with Crippen molar-refractivity contribution in [2.45, 2.75) is 31.9 Å². The van der Waals surface area contributed by atoms with E-state index in [0.717, 1.165) is 29.3 Å². The van der Waals surface area contributed by atoms with Crippen molar-refractivity contribution in [1.82, 2.24) is 9.80 Å². The summed E-state index contributed by atoms with van der Waals surface area (Å²) < 4.78 is 0. The maximum atomic E-state index is 12.6. The quantitative estimate of drug-likeness (QED) is 0.920. The predicted molar refractivity (Wildman–Crippen MR) is 99.9 cm³/mol. The smallest absolute Gasteiger partial charge is 0.264 e. The minimum atomic E-state index is -0.797. The molecule has 2 aromatic rings. The Morgan fingerprint density at radius 2 is 2.00 bits per heavy atom. The fourth-order valence-electron chi connectivity index (χ4n) is 3.97. The lowest BCUT2D eigenvalue weighted by molar-refractivity contribution is 0.00810. The Balaban J connectivity index is 1.39. The van der Waals surface area contributed by atoms with Crippen molar-refractivity contribution in [2.75, 3.05) is 26.2 Å². The number of likely N-dealkylation sites (tertiary alicyclic amines) is 1. The number of thiophene rings is 1. The van der Waals surface area contributed by atoms with Crippen LogP contribution < -0.4 is 0 Å². The highest BCUT2D eigenvalue weighted by Crippen LogP contribution is 2.28. The maximum absolute atomic E-state index is 12.6. The van der Waals surface area contributed by atoms with Crippen molar-refractivity contribution in [1.29, 1.82) is 0 Å². The zero-order chi connectivity index (χ0) is 17.4. The van der Waals surface area contributed by atoms with Crippen molar-refractivity contribution < 1.29 is 9.90 Å². The first kappa shape index (κ1) is 16.8. The van der Waals surface area contributed by atoms with E-state index in [9.17, 15) is 9.90 Å². The van der Waals surface area contributed by atoms with E-state index in [4.69, 9.17) is 0 Å². The first-order valence-electron chi connectivity index (χ1n) is 8.90. The van der Waals surface area contributed by atoms with Crippen LogP contribution in [0.3, 0.4) is 0 Å². The van der Waals surface area contributed by atoms with E-state index in [0.29, 0.717) is 26.1 Å². The number of aryl methyl sites for hydroxylation is 1. The number of β-amino-alcohol motifs (C(OH)–C–C–N with tert-alkyl or cyclic N) is 1. The zero-order valence-corrected chi connectivity index (χ0v) is 15.4. The molecular formula is C20H24N2O2S. The first-order chi connectivity index (χ1) is 12.0. The molecule has 1 amide bonds. The van der Waals surface area contributed by atoms with E-state index in [2.05, 4.69) is 29.2 Å². The summed E-state index contributed by atoms with van der Waals surface area (Å²) in [5.74, 6) is 0.0537. The van der Waals surface area contributed by atoms with Gasteiger partial charge in [-0.3, -0.25) is 9.69 Å². The Labute approximate surface area is 152 Å². The van der Waals surface area contributed by atoms with E-state index in [1.54, 1.807) is 0 Å². The largest absolute Gasteiger partial charge is 0.387 e. The van der Waals surface area contributed by atoms with Gasteiger partial charge in [0, 0.05) is 31.1 Å². The molecule has 0 saturated carbocycles. The van der Waals surface area contributed by atoms with Gasteiger partial charge >= 0.3 is 0 Å². The van der Waals surface area contributed by atoms with E-state index < -0.39 is 5.60 Å². The molecule has 5 heteroatoms. The Morgan fingerprint density at radius 1 is 1.20 bits per heavy atom. The third-order valence-corrected chi connectivity index (χ3v) is 6.29. The Hall–Kier alpha value is -1.69. The number of rotatable bonds is 3. The Bertz CT molecular complexity index is 788. The number of hydrogen-bond donors (Lipinski definition) is 1. The van der Waals surface area contributed by atoms with Gasteiger partial charge in [-0.15, -0.1) is 11.3 Å². The second kappa shape index (κ2) is 6.56. The fourth-order valence-corrected chi connectivity index (χ4v) is 4.80. The number of fused-ring (bicyclic) bond motifs is 1. The summed E-state index contributed by atoms with van der Waals surface area (Å²) in [7, 11) is 0. The molecule has 4 nitrogen and oxygen atoms in total. The van der Waals surface area contributed by atoms with Gasteiger partial charge < -0.3 is 10.0 Å². The van der Waals surface area contributed by atoms with Crippen LogP contribution in [-0.4, -0.2) is 52.6 Å². The van der Waals surface area contributed by atoms with Crippen LogP contribution in [0, 0.1) is 6.92 Å². The van der Waals surface area contributed by atoms with Crippen molar-refractivity contribution in [2.24, 2.45) is 0 Å². The van der Waals surface area contributed by atoms with Crippen molar-refractivity contribution in [3.8, 4) is 0 Å². The molecule has 1 N–H and O–H groups in total. The molecule has 0 bridgehead atoms. The lowest BCUT2D eigenvalue weighted by Crippen LogP contribution is -2.47. The number of hydrogen-bond acceptors (Lipinski definition) is 4. The molecule has 1 fully saturated rings. The molecule has 0 aliphatic carbocycles. The van der Waals surface area contributed by atoms with E-state index in [-0.39, 0.29) is 5.91 Å². The van der Waals surface area contributed by atoms with Gasteiger partial charge in [0.2, 0.25) is 0 Å². The maximum Gasteiger partial charge on any atom is 0.264 e. The highest BCUT2D eigenvalue weighted by atomic mass is 32.1. The standard InChI is InChI=1S/C20H24N2O2S/c1-15-6-7-18(25-15)19(23)22-11-9-20(24,14-22)13-21-10-8-16-4-2-3-5-17(16)12-21/h2-7,24H,8-14H2,1H3. The van der Waals surface area contributed by atoms with Gasteiger partial charge in [0.15, 0.2) is 0 Å². The van der Waals surface area contributed by atoms with Gasteiger partial charge in [-0.25, -0.2) is 0 Å². The lowest BCUT2D eigenvalue weighted by atomic mass is 9.97. The minimum Gasteiger partial charge on any atom is -0.387 e. The number of aliphatic hydroxyl groups is 1. The van der Waals surface area contributed by atoms with E-state index >= 15 is 0 Å². The van der Waals surface area contributed by atoms with Crippen LogP contribution in [0.4, 0.5) is 0 Å². The van der Waals surface area contributed by atoms with Crippen molar-refractivity contribution in [3.63, 3.8) is 0 Å². The second-order valence-corrected chi connectivity index (χ2v) is 8.63. The summed E-state index contributed by atoms with van der Waals surface area (Å²) in [4.78, 5) is 18.7. The molecule has 132 valence electrons. The van der Waals surface area contributed by atoms with Crippen LogP contribution >= 0.6 is 11.3 Å². The third kappa shape index (κ3) is 3.50. The normalized spacial score (nSPS) is 23.7. The fraction of sp³-hybridized carbons (Fsp3) is 0.450. The number of nitrogens with zero attached hydrogens (tertiary/aromatic N) is 2. The molecule has 25 heavy (non-hydrogen) atoms. The first-order valence-corrected chi connectivity index (χ1v) is 9.71. The summed E-state index contributed by atoms with van der Waals surface area (Å²) in [6.07, 6.45) is 1.69. The molecule has 1 aromatic heterocycles. The molecule has 2 aliphatic rings. The van der Waals surface area contributed by atoms with Gasteiger partial charge in [0.1, 0.15) is 0 Å². The molecule has 0 spiro atoms. The van der Waals surface area contributed by atoms with Crippen molar-refractivity contribution >= 4 is 17.2 Å². The Kier molecular flexibility index (Phi) is 4.40. The highest BCUT2D eigenvalue weighted by Gasteiger charge is 2.40. The molecule has 2 aliphatic heterocycles. The average molecular weight is 356 g/mol. The SMILES string of the molecule is Cc1ccc(C(=O)N2CCC(O)(CN3CCc4ccccc4C3)C2)s1. The topological polar surface area (TPSA) is 43.8 Å². The van der Waals surface area contributed by atoms with E-state index in [1.807, 2.05) is 24.0 Å². The van der Waals surface area contributed by atoms with Crippen LogP contribution in [0.2, 0.25) is 0 Å². The summed E-state index contributed by atoms with van der Waals surface area (Å²) in [5, 5.41) is 11.0. The number of carbonyl (C=O) groups excluding carboxylic acids is 1. The number of amides is 1. The summed E-state index contributed by atoms with van der Waals surface area (Å²) in [6, 6.07) is 12.4. The summed E-state index contributed by atoms with van der Waals surface area (Å²) in [5.41, 5.74) is 1.98. The molecule has 1 aromatic carbocycles. The van der Waals surface area contributed by atoms with Crippen molar-refractivity contribution in [3.05, 3.63) is 57.3 Å². The second-order valence-electron chi connectivity index (χ2n) is 7.34. The monoisotopic (exact) mass is 356 g/mol. The molecular weight excluding hydrogens is 332 g/mol. The van der Waals surface area contributed by atoms with E-state index in [1.165, 1.54) is 22.5 Å². The molecule has 3 heterocycles. The number of carbonyl (C=O) groups is 1. The molecule has 1 unspecified atom stereocenters. The molecule has 1 saturated heterocycles. The summed E-state index contributed by atoms with van der Waals surface area (Å²) in [6.45, 7) is 5.57. The van der Waals surface area contributed by atoms with Crippen LogP contribution in [0.5, 0.6) is 0 Å². The number of benzene rings is 1.